The van der Waals surface area contributed by atoms with Crippen molar-refractivity contribution in [3.63, 3.8) is 0 Å². The quantitative estimate of drug-likeness (QED) is 0.173. The SMILES string of the molecule is COc1c(CC(=O)c2ccc(C)cc2)cccc1C(=O)Cc1c(C)cc(C(F)(C(F)(F)F)C(F)(F)F)cc1OC(F)F. The standard InChI is InChI=1S/C29H23F9O4/c1-15-7-9-17(10-8-15)22(39)12-18-5-4-6-20(25(18)41-3)23(40)14-21-16(2)11-19(13-24(21)42-26(30)31)27(32,28(33,34)35)29(36,37)38/h4-11,13,26H,12,14H2,1-3H3. The van der Waals surface area contributed by atoms with Crippen molar-refractivity contribution in [1.29, 1.82) is 0 Å². The van der Waals surface area contributed by atoms with E-state index in [1.807, 2.05) is 6.92 Å². The molecule has 0 fully saturated rings. The average molecular weight is 606 g/mol. The smallest absolute Gasteiger partial charge is 0.435 e. The van der Waals surface area contributed by atoms with Gasteiger partial charge in [0.15, 0.2) is 11.6 Å². The molecular weight excluding hydrogens is 583 g/mol. The van der Waals surface area contributed by atoms with Crippen LogP contribution in [-0.2, 0) is 18.5 Å². The van der Waals surface area contributed by atoms with E-state index in [-0.39, 0.29) is 41.2 Å². The molecule has 0 saturated carbocycles. The summed E-state index contributed by atoms with van der Waals surface area (Å²) in [7, 11) is 1.20. The molecule has 0 aliphatic rings. The number of alkyl halides is 9. The van der Waals surface area contributed by atoms with Gasteiger partial charge >= 0.3 is 24.6 Å². The van der Waals surface area contributed by atoms with Gasteiger partial charge in [-0.25, -0.2) is 4.39 Å². The highest BCUT2D eigenvalue weighted by Gasteiger charge is 2.73. The second-order valence-electron chi connectivity index (χ2n) is 9.37. The maximum Gasteiger partial charge on any atom is 0.435 e. The molecule has 0 unspecified atom stereocenters. The molecule has 0 spiro atoms. The number of carbonyl (C=O) groups is 2. The fraction of sp³-hybridized carbons (Fsp3) is 0.310. The van der Waals surface area contributed by atoms with Gasteiger partial charge < -0.3 is 9.47 Å². The maximum atomic E-state index is 14.7. The summed E-state index contributed by atoms with van der Waals surface area (Å²) in [5, 5.41) is 0. The zero-order chi connectivity index (χ0) is 31.6. The lowest BCUT2D eigenvalue weighted by atomic mass is 9.88. The van der Waals surface area contributed by atoms with Crippen LogP contribution in [0, 0.1) is 13.8 Å². The molecule has 0 atom stereocenters. The molecule has 0 aliphatic carbocycles. The largest absolute Gasteiger partial charge is 0.496 e. The molecule has 0 amide bonds. The first-order chi connectivity index (χ1) is 19.4. The van der Waals surface area contributed by atoms with Gasteiger partial charge in [-0.05, 0) is 31.5 Å². The van der Waals surface area contributed by atoms with Crippen LogP contribution in [0.15, 0.2) is 54.6 Å². The van der Waals surface area contributed by atoms with Gasteiger partial charge in [0.25, 0.3) is 0 Å². The summed E-state index contributed by atoms with van der Waals surface area (Å²) in [5.41, 5.74) is -7.56. The molecule has 42 heavy (non-hydrogen) atoms. The lowest BCUT2D eigenvalue weighted by Gasteiger charge is -2.31. The van der Waals surface area contributed by atoms with E-state index < -0.39 is 59.3 Å². The van der Waals surface area contributed by atoms with E-state index in [2.05, 4.69) is 4.74 Å². The Morgan fingerprint density at radius 3 is 1.93 bits per heavy atom. The van der Waals surface area contributed by atoms with E-state index in [1.54, 1.807) is 24.3 Å². The number of ether oxygens (including phenoxy) is 2. The van der Waals surface area contributed by atoms with Gasteiger partial charge in [0.05, 0.1) is 12.7 Å². The van der Waals surface area contributed by atoms with Crippen LogP contribution in [0.2, 0.25) is 0 Å². The molecular formula is C29H23F9O4. The molecule has 0 radical (unpaired) electrons. The number of Topliss-reactive ketones (excluding diaryl/α,β-unsaturated/α-hetero) is 2. The van der Waals surface area contributed by atoms with Crippen molar-refractivity contribution in [3.8, 4) is 11.5 Å². The Morgan fingerprint density at radius 2 is 1.40 bits per heavy atom. The van der Waals surface area contributed by atoms with Gasteiger partial charge in [-0.2, -0.15) is 35.1 Å². The summed E-state index contributed by atoms with van der Waals surface area (Å²) >= 11 is 0. The average Bonchev–Trinajstić information content (AvgIpc) is 2.88. The van der Waals surface area contributed by atoms with E-state index in [4.69, 9.17) is 4.74 Å². The minimum Gasteiger partial charge on any atom is -0.496 e. The minimum absolute atomic E-state index is 0.0505. The Kier molecular flexibility index (Phi) is 9.33. The van der Waals surface area contributed by atoms with Crippen LogP contribution in [-0.4, -0.2) is 37.6 Å². The predicted molar refractivity (Wildman–Crippen MR) is 133 cm³/mol. The molecule has 4 nitrogen and oxygen atoms in total. The van der Waals surface area contributed by atoms with Crippen LogP contribution < -0.4 is 9.47 Å². The highest BCUT2D eigenvalue weighted by Crippen LogP contribution is 2.54. The monoisotopic (exact) mass is 606 g/mol. The molecule has 0 bridgehead atoms. The molecule has 0 aliphatic heterocycles. The number of rotatable bonds is 10. The van der Waals surface area contributed by atoms with Crippen molar-refractivity contribution < 1.29 is 58.6 Å². The van der Waals surface area contributed by atoms with E-state index in [0.717, 1.165) is 12.5 Å². The van der Waals surface area contributed by atoms with E-state index in [0.29, 0.717) is 5.56 Å². The number of halogens is 9. The Hall–Kier alpha value is -4.03. The number of ketones is 2. The summed E-state index contributed by atoms with van der Waals surface area (Å²) in [6, 6.07) is 10.9. The van der Waals surface area contributed by atoms with Gasteiger partial charge in [0.1, 0.15) is 11.5 Å². The van der Waals surface area contributed by atoms with Gasteiger partial charge in [-0.15, -0.1) is 0 Å². The number of carbonyl (C=O) groups excluding carboxylic acids is 2. The van der Waals surface area contributed by atoms with Crippen molar-refractivity contribution in [3.05, 3.63) is 93.5 Å². The maximum absolute atomic E-state index is 14.7. The third-order valence-corrected chi connectivity index (χ3v) is 6.49. The zero-order valence-electron chi connectivity index (χ0n) is 22.2. The number of methoxy groups -OCH3 is 1. The van der Waals surface area contributed by atoms with Crippen molar-refractivity contribution in [1.82, 2.24) is 0 Å². The highest BCUT2D eigenvalue weighted by molar-refractivity contribution is 6.02. The van der Waals surface area contributed by atoms with Crippen LogP contribution in [0.5, 0.6) is 11.5 Å². The van der Waals surface area contributed by atoms with E-state index >= 15 is 0 Å². The fourth-order valence-corrected chi connectivity index (χ4v) is 4.35. The molecule has 226 valence electrons. The van der Waals surface area contributed by atoms with Crippen LogP contribution in [0.1, 0.15) is 48.5 Å². The Morgan fingerprint density at radius 1 is 0.810 bits per heavy atom. The van der Waals surface area contributed by atoms with Crippen molar-refractivity contribution in [2.45, 2.75) is 51.3 Å². The van der Waals surface area contributed by atoms with Gasteiger partial charge in [-0.3, -0.25) is 9.59 Å². The summed E-state index contributed by atoms with van der Waals surface area (Å²) in [6.07, 6.45) is -14.0. The van der Waals surface area contributed by atoms with Gasteiger partial charge in [0, 0.05) is 35.1 Å². The third kappa shape index (κ3) is 6.55. The second kappa shape index (κ2) is 12.1. The van der Waals surface area contributed by atoms with Crippen molar-refractivity contribution in [2.24, 2.45) is 0 Å². The van der Waals surface area contributed by atoms with Crippen molar-refractivity contribution in [2.75, 3.05) is 7.11 Å². The lowest BCUT2D eigenvalue weighted by molar-refractivity contribution is -0.348. The van der Waals surface area contributed by atoms with Gasteiger partial charge in [0.2, 0.25) is 0 Å². The summed E-state index contributed by atoms with van der Waals surface area (Å²) in [4.78, 5) is 26.1. The molecule has 3 aromatic carbocycles. The second-order valence-corrected chi connectivity index (χ2v) is 9.37. The summed E-state index contributed by atoms with van der Waals surface area (Å²) in [6.45, 7) is -0.976. The number of para-hydroxylation sites is 1. The molecule has 0 N–H and O–H groups in total. The topological polar surface area (TPSA) is 52.6 Å². The minimum atomic E-state index is -6.50. The van der Waals surface area contributed by atoms with Crippen LogP contribution in [0.4, 0.5) is 39.5 Å². The molecule has 13 heteroatoms. The number of hydrogen-bond donors (Lipinski definition) is 0. The molecule has 0 heterocycles. The van der Waals surface area contributed by atoms with Gasteiger partial charge in [-0.1, -0.05) is 48.0 Å². The van der Waals surface area contributed by atoms with Crippen LogP contribution >= 0.6 is 0 Å². The number of hydrogen-bond acceptors (Lipinski definition) is 4. The fourth-order valence-electron chi connectivity index (χ4n) is 4.35. The van der Waals surface area contributed by atoms with E-state index in [9.17, 15) is 49.1 Å². The predicted octanol–water partition coefficient (Wildman–Crippen LogP) is 8.05. The number of aryl methyl sites for hydroxylation is 2. The van der Waals surface area contributed by atoms with Crippen molar-refractivity contribution >= 4 is 11.6 Å². The first kappa shape index (κ1) is 32.5. The summed E-state index contributed by atoms with van der Waals surface area (Å²) < 4.78 is 130. The normalized spacial score (nSPS) is 12.4. The molecule has 3 rings (SSSR count). The molecule has 3 aromatic rings. The Balaban J connectivity index is 2.04. The Labute approximate surface area is 234 Å². The first-order valence-electron chi connectivity index (χ1n) is 12.1. The van der Waals surface area contributed by atoms with Crippen LogP contribution in [0.3, 0.4) is 0 Å². The molecule has 0 saturated heterocycles. The first-order valence-corrected chi connectivity index (χ1v) is 12.1. The number of benzene rings is 3. The summed E-state index contributed by atoms with van der Waals surface area (Å²) in [5.74, 6) is -2.47. The Bertz CT molecular complexity index is 1450. The molecule has 0 aromatic heterocycles. The van der Waals surface area contributed by atoms with Crippen LogP contribution in [0.25, 0.3) is 0 Å². The lowest BCUT2D eigenvalue weighted by Crippen LogP contribution is -2.50. The zero-order valence-corrected chi connectivity index (χ0v) is 22.2. The third-order valence-electron chi connectivity index (χ3n) is 6.49. The van der Waals surface area contributed by atoms with E-state index in [1.165, 1.54) is 25.3 Å². The highest BCUT2D eigenvalue weighted by atomic mass is 19.4.